The lowest BCUT2D eigenvalue weighted by Crippen LogP contribution is -2.13. The Bertz CT molecular complexity index is 773. The van der Waals surface area contributed by atoms with E-state index in [1.807, 2.05) is 30.3 Å². The second-order valence-electron chi connectivity index (χ2n) is 4.41. The number of fused-ring (bicyclic) bond motifs is 1. The Morgan fingerprint density at radius 3 is 2.86 bits per heavy atom. The van der Waals surface area contributed by atoms with Crippen LogP contribution in [0.25, 0.3) is 11.0 Å². The summed E-state index contributed by atoms with van der Waals surface area (Å²) in [7, 11) is 0. The van der Waals surface area contributed by atoms with Crippen molar-refractivity contribution in [2.24, 2.45) is 0 Å². The maximum Gasteiger partial charge on any atom is 0.234 e. The Morgan fingerprint density at radius 1 is 1.24 bits per heavy atom. The van der Waals surface area contributed by atoms with E-state index in [1.54, 1.807) is 6.07 Å². The van der Waals surface area contributed by atoms with Crippen LogP contribution in [-0.2, 0) is 4.79 Å². The number of halogens is 1. The normalized spacial score (nSPS) is 10.7. The minimum absolute atomic E-state index is 0.113. The molecule has 0 spiro atoms. The molecule has 0 aliphatic carbocycles. The monoisotopic (exact) mass is 301 g/mol. The molecule has 0 saturated heterocycles. The van der Waals surface area contributed by atoms with Gasteiger partial charge in [0.05, 0.1) is 16.8 Å². The van der Waals surface area contributed by atoms with Crippen molar-refractivity contribution in [3.8, 4) is 0 Å². The lowest BCUT2D eigenvalue weighted by molar-refractivity contribution is -0.113. The molecule has 6 heteroatoms. The molecule has 0 unspecified atom stereocenters. The fourth-order valence-corrected chi connectivity index (χ4v) is 2.56. The number of nitrogens with one attached hydrogen (secondary N) is 2. The molecule has 3 aromatic rings. The summed E-state index contributed by atoms with van der Waals surface area (Å²) in [6.45, 7) is 0. The van der Waals surface area contributed by atoms with Gasteiger partial charge in [0.1, 0.15) is 5.82 Å². The van der Waals surface area contributed by atoms with Crippen LogP contribution in [-0.4, -0.2) is 21.6 Å². The first-order valence-electron chi connectivity index (χ1n) is 6.34. The molecule has 2 N–H and O–H groups in total. The van der Waals surface area contributed by atoms with Gasteiger partial charge in [-0.25, -0.2) is 9.37 Å². The first-order chi connectivity index (χ1) is 10.2. The Hall–Kier alpha value is -2.34. The Balaban J connectivity index is 1.62. The molecular weight excluding hydrogens is 289 g/mol. The van der Waals surface area contributed by atoms with Crippen molar-refractivity contribution in [2.75, 3.05) is 11.1 Å². The highest BCUT2D eigenvalue weighted by atomic mass is 32.2. The zero-order valence-corrected chi connectivity index (χ0v) is 11.8. The molecule has 0 aliphatic rings. The molecule has 0 aliphatic heterocycles. The molecule has 2 aromatic carbocycles. The van der Waals surface area contributed by atoms with Crippen LogP contribution in [0.2, 0.25) is 0 Å². The van der Waals surface area contributed by atoms with Gasteiger partial charge in [-0.2, -0.15) is 0 Å². The number of rotatable bonds is 4. The highest BCUT2D eigenvalue weighted by Crippen LogP contribution is 2.20. The lowest BCUT2D eigenvalue weighted by Gasteiger charge is -2.03. The average molecular weight is 301 g/mol. The van der Waals surface area contributed by atoms with Crippen LogP contribution in [0.15, 0.2) is 53.7 Å². The van der Waals surface area contributed by atoms with Gasteiger partial charge >= 0.3 is 0 Å². The van der Waals surface area contributed by atoms with Crippen LogP contribution in [0.3, 0.4) is 0 Å². The van der Waals surface area contributed by atoms with Crippen LogP contribution in [0, 0.1) is 5.82 Å². The molecule has 1 aromatic heterocycles. The number of thioether (sulfide) groups is 1. The number of carbonyl (C=O) groups excluding carboxylic acids is 1. The highest BCUT2D eigenvalue weighted by molar-refractivity contribution is 7.99. The van der Waals surface area contributed by atoms with Gasteiger partial charge in [-0.3, -0.25) is 4.79 Å². The number of nitrogens with zero attached hydrogens (tertiary/aromatic N) is 1. The number of carbonyl (C=O) groups is 1. The third kappa shape index (κ3) is 3.41. The summed E-state index contributed by atoms with van der Waals surface area (Å²) in [6, 6.07) is 13.6. The largest absolute Gasteiger partial charge is 0.333 e. The van der Waals surface area contributed by atoms with Crippen molar-refractivity contribution in [1.29, 1.82) is 0 Å². The molecule has 0 atom stereocenters. The number of imidazole rings is 1. The molecule has 1 amide bonds. The van der Waals surface area contributed by atoms with Gasteiger partial charge < -0.3 is 10.3 Å². The molecule has 0 fully saturated rings. The van der Waals surface area contributed by atoms with Crippen LogP contribution >= 0.6 is 11.8 Å². The molecule has 4 nitrogen and oxygen atoms in total. The van der Waals surface area contributed by atoms with Gasteiger partial charge in [0, 0.05) is 5.69 Å². The van der Waals surface area contributed by atoms with E-state index in [-0.39, 0.29) is 17.5 Å². The van der Waals surface area contributed by atoms with Gasteiger partial charge in [-0.15, -0.1) is 0 Å². The number of H-pyrrole nitrogens is 1. The molecule has 0 bridgehead atoms. The predicted molar refractivity (Wildman–Crippen MR) is 81.8 cm³/mol. The zero-order valence-electron chi connectivity index (χ0n) is 11.0. The van der Waals surface area contributed by atoms with Crippen LogP contribution in [0.5, 0.6) is 0 Å². The van der Waals surface area contributed by atoms with Gasteiger partial charge in [0.25, 0.3) is 0 Å². The maximum atomic E-state index is 13.1. The summed E-state index contributed by atoms with van der Waals surface area (Å²) >= 11 is 1.28. The number of aromatic amines is 1. The van der Waals surface area contributed by atoms with E-state index in [0.29, 0.717) is 16.2 Å². The smallest absolute Gasteiger partial charge is 0.234 e. The first-order valence-corrected chi connectivity index (χ1v) is 7.32. The van der Waals surface area contributed by atoms with E-state index in [1.165, 1.54) is 23.9 Å². The summed E-state index contributed by atoms with van der Waals surface area (Å²) in [5.74, 6) is -0.195. The summed E-state index contributed by atoms with van der Waals surface area (Å²) in [6.07, 6.45) is 0. The topological polar surface area (TPSA) is 57.8 Å². The molecular formula is C15H12FN3OS. The van der Waals surface area contributed by atoms with Gasteiger partial charge in [0.2, 0.25) is 5.91 Å². The average Bonchev–Trinajstić information content (AvgIpc) is 2.88. The maximum absolute atomic E-state index is 13.1. The van der Waals surface area contributed by atoms with E-state index < -0.39 is 0 Å². The van der Waals surface area contributed by atoms with Crippen molar-refractivity contribution in [3.63, 3.8) is 0 Å². The first kappa shape index (κ1) is 13.6. The number of benzene rings is 2. The van der Waals surface area contributed by atoms with Crippen LogP contribution < -0.4 is 5.32 Å². The number of anilines is 1. The fourth-order valence-electron chi connectivity index (χ4n) is 1.88. The van der Waals surface area contributed by atoms with E-state index in [4.69, 9.17) is 0 Å². The third-order valence-electron chi connectivity index (χ3n) is 2.82. The summed E-state index contributed by atoms with van der Waals surface area (Å²) < 4.78 is 13.1. The quantitative estimate of drug-likeness (QED) is 0.726. The zero-order chi connectivity index (χ0) is 14.7. The van der Waals surface area contributed by atoms with E-state index >= 15 is 0 Å². The molecule has 3 rings (SSSR count). The predicted octanol–water partition coefficient (Wildman–Crippen LogP) is 3.43. The number of hydrogen-bond donors (Lipinski definition) is 2. The second kappa shape index (κ2) is 5.97. The molecule has 21 heavy (non-hydrogen) atoms. The number of aromatic nitrogens is 2. The van der Waals surface area contributed by atoms with Crippen molar-refractivity contribution in [1.82, 2.24) is 9.97 Å². The van der Waals surface area contributed by atoms with E-state index in [0.717, 1.165) is 5.69 Å². The van der Waals surface area contributed by atoms with Crippen LogP contribution in [0.1, 0.15) is 0 Å². The van der Waals surface area contributed by atoms with Gasteiger partial charge in [-0.05, 0) is 30.3 Å². The SMILES string of the molecule is O=C(CSc1nc2ccc(F)cc2[nH]1)Nc1ccccc1. The molecule has 106 valence electrons. The number of amides is 1. The Labute approximate surface area is 124 Å². The molecule has 1 heterocycles. The minimum Gasteiger partial charge on any atom is -0.333 e. The van der Waals surface area contributed by atoms with E-state index in [9.17, 15) is 9.18 Å². The van der Waals surface area contributed by atoms with Crippen molar-refractivity contribution in [3.05, 3.63) is 54.3 Å². The van der Waals surface area contributed by atoms with Crippen molar-refractivity contribution in [2.45, 2.75) is 5.16 Å². The highest BCUT2D eigenvalue weighted by Gasteiger charge is 2.08. The summed E-state index contributed by atoms with van der Waals surface area (Å²) in [5, 5.41) is 3.39. The van der Waals surface area contributed by atoms with Crippen LogP contribution in [0.4, 0.5) is 10.1 Å². The Morgan fingerprint density at radius 2 is 2.05 bits per heavy atom. The number of para-hydroxylation sites is 1. The van der Waals surface area contributed by atoms with E-state index in [2.05, 4.69) is 15.3 Å². The summed E-state index contributed by atoms with van der Waals surface area (Å²) in [5.41, 5.74) is 2.07. The lowest BCUT2D eigenvalue weighted by atomic mass is 10.3. The fraction of sp³-hybridized carbons (Fsp3) is 0.0667. The Kier molecular flexibility index (Phi) is 3.87. The van der Waals surface area contributed by atoms with Gasteiger partial charge in [0.15, 0.2) is 5.16 Å². The molecule has 0 radical (unpaired) electrons. The van der Waals surface area contributed by atoms with Crippen molar-refractivity contribution < 1.29 is 9.18 Å². The number of hydrogen-bond acceptors (Lipinski definition) is 3. The second-order valence-corrected chi connectivity index (χ2v) is 5.37. The van der Waals surface area contributed by atoms with Crippen molar-refractivity contribution >= 4 is 34.4 Å². The summed E-state index contributed by atoms with van der Waals surface area (Å²) in [4.78, 5) is 19.1. The molecule has 0 saturated carbocycles. The third-order valence-corrected chi connectivity index (χ3v) is 3.69. The standard InChI is InChI=1S/C15H12FN3OS/c16-10-6-7-12-13(8-10)19-15(18-12)21-9-14(20)17-11-4-2-1-3-5-11/h1-8H,9H2,(H,17,20)(H,18,19). The minimum atomic E-state index is -0.315. The van der Waals surface area contributed by atoms with Gasteiger partial charge in [-0.1, -0.05) is 30.0 Å².